The number of rotatable bonds is 4. The van der Waals surface area contributed by atoms with Gasteiger partial charge in [-0.05, 0) is 30.3 Å². The minimum atomic E-state index is -0.359. The molecular formula is C16H11ClN4O2S3. The molecule has 0 bridgehead atoms. The van der Waals surface area contributed by atoms with Crippen LogP contribution >= 0.6 is 46.0 Å². The van der Waals surface area contributed by atoms with Crippen molar-refractivity contribution in [2.45, 2.75) is 4.90 Å². The van der Waals surface area contributed by atoms with Gasteiger partial charge >= 0.3 is 0 Å². The summed E-state index contributed by atoms with van der Waals surface area (Å²) < 4.78 is 1.94. The first-order valence-electron chi connectivity index (χ1n) is 7.43. The van der Waals surface area contributed by atoms with Crippen LogP contribution in [0.3, 0.4) is 0 Å². The third-order valence-electron chi connectivity index (χ3n) is 3.46. The van der Waals surface area contributed by atoms with Crippen LogP contribution in [0.1, 0.15) is 9.67 Å². The fraction of sp³-hybridized carbons (Fsp3) is 0.0625. The van der Waals surface area contributed by atoms with Gasteiger partial charge in [0.15, 0.2) is 4.96 Å². The molecule has 2 N–H and O–H groups in total. The first-order valence-corrected chi connectivity index (χ1v) is 10.5. The van der Waals surface area contributed by atoms with E-state index in [4.69, 9.17) is 11.6 Å². The van der Waals surface area contributed by atoms with Gasteiger partial charge in [-0.1, -0.05) is 11.6 Å². The summed E-state index contributed by atoms with van der Waals surface area (Å²) in [5.74, 6) is -0.463. The van der Waals surface area contributed by atoms with Crippen LogP contribution in [-0.4, -0.2) is 27.0 Å². The summed E-state index contributed by atoms with van der Waals surface area (Å²) in [5, 5.41) is 2.59. The van der Waals surface area contributed by atoms with Gasteiger partial charge in [-0.25, -0.2) is 4.98 Å². The number of fused-ring (bicyclic) bond motifs is 3. The number of hydrogen-bond acceptors (Lipinski definition) is 6. The predicted octanol–water partition coefficient (Wildman–Crippen LogP) is 3.82. The summed E-state index contributed by atoms with van der Waals surface area (Å²) in [4.78, 5) is 31.7. The van der Waals surface area contributed by atoms with E-state index < -0.39 is 0 Å². The predicted molar refractivity (Wildman–Crippen MR) is 106 cm³/mol. The summed E-state index contributed by atoms with van der Waals surface area (Å²) >= 11 is 10.0. The molecule has 3 heterocycles. The van der Waals surface area contributed by atoms with E-state index in [1.54, 1.807) is 29.5 Å². The summed E-state index contributed by atoms with van der Waals surface area (Å²) in [5.41, 5.74) is 5.76. The number of nitrogens with zero attached hydrogens (tertiary/aromatic N) is 2. The maximum Gasteiger partial charge on any atom is 0.279 e. The van der Waals surface area contributed by atoms with E-state index in [2.05, 4.69) is 15.8 Å². The molecule has 132 valence electrons. The van der Waals surface area contributed by atoms with E-state index in [1.165, 1.54) is 23.1 Å². The van der Waals surface area contributed by atoms with E-state index in [1.807, 2.05) is 28.1 Å². The van der Waals surface area contributed by atoms with Crippen molar-refractivity contribution in [2.75, 3.05) is 5.75 Å². The highest BCUT2D eigenvalue weighted by molar-refractivity contribution is 8.00. The number of amides is 2. The Morgan fingerprint density at radius 3 is 2.85 bits per heavy atom. The second-order valence-corrected chi connectivity index (χ2v) is 8.60. The highest BCUT2D eigenvalue weighted by atomic mass is 35.5. The zero-order chi connectivity index (χ0) is 18.1. The third kappa shape index (κ3) is 3.56. The lowest BCUT2D eigenvalue weighted by Crippen LogP contribution is -2.42. The first kappa shape index (κ1) is 17.3. The Morgan fingerprint density at radius 1 is 1.23 bits per heavy atom. The Bertz CT molecular complexity index is 1100. The smallest absolute Gasteiger partial charge is 0.279 e. The van der Waals surface area contributed by atoms with Crippen molar-refractivity contribution in [2.24, 2.45) is 0 Å². The standard InChI is InChI=1S/C16H11ClN4O2S3/c17-9-1-3-10(4-2-9)25-8-13(22)19-20-14(23)12-7-11-15(26-12)18-16-21(11)5-6-24-16/h1-7H,8H2,(H,19,22)(H,20,23). The summed E-state index contributed by atoms with van der Waals surface area (Å²) in [7, 11) is 0. The highest BCUT2D eigenvalue weighted by Crippen LogP contribution is 2.28. The van der Waals surface area contributed by atoms with Gasteiger partial charge in [-0.3, -0.25) is 24.8 Å². The normalized spacial score (nSPS) is 11.1. The minimum Gasteiger partial charge on any atom is -0.289 e. The molecule has 10 heteroatoms. The minimum absolute atomic E-state index is 0.187. The molecule has 26 heavy (non-hydrogen) atoms. The van der Waals surface area contributed by atoms with Crippen molar-refractivity contribution in [1.82, 2.24) is 20.2 Å². The average Bonchev–Trinajstić information content (AvgIpc) is 3.31. The van der Waals surface area contributed by atoms with Gasteiger partial charge < -0.3 is 0 Å². The Labute approximate surface area is 165 Å². The van der Waals surface area contributed by atoms with Gasteiger partial charge in [0, 0.05) is 21.5 Å². The van der Waals surface area contributed by atoms with Crippen molar-refractivity contribution < 1.29 is 9.59 Å². The van der Waals surface area contributed by atoms with Gasteiger partial charge in [-0.2, -0.15) is 0 Å². The third-order valence-corrected chi connectivity index (χ3v) is 6.50. The van der Waals surface area contributed by atoms with Crippen molar-refractivity contribution >= 4 is 73.2 Å². The van der Waals surface area contributed by atoms with Crippen LogP contribution in [0.2, 0.25) is 5.02 Å². The number of thioether (sulfide) groups is 1. The van der Waals surface area contributed by atoms with E-state index >= 15 is 0 Å². The maximum atomic E-state index is 12.2. The van der Waals surface area contributed by atoms with E-state index in [0.29, 0.717) is 9.90 Å². The Balaban J connectivity index is 1.33. The summed E-state index contributed by atoms with van der Waals surface area (Å²) in [6.45, 7) is 0. The van der Waals surface area contributed by atoms with Crippen LogP contribution in [0.5, 0.6) is 0 Å². The highest BCUT2D eigenvalue weighted by Gasteiger charge is 2.15. The molecule has 3 aromatic heterocycles. The number of halogens is 1. The SMILES string of the molecule is O=C(CSc1ccc(Cl)cc1)NNC(=O)c1cc2c(nc3sccn32)s1. The quantitative estimate of drug-likeness (QED) is 0.387. The van der Waals surface area contributed by atoms with Crippen molar-refractivity contribution in [1.29, 1.82) is 0 Å². The molecule has 0 spiro atoms. The number of imidazole rings is 1. The van der Waals surface area contributed by atoms with Gasteiger partial charge in [-0.15, -0.1) is 34.4 Å². The number of hydrogen-bond donors (Lipinski definition) is 2. The monoisotopic (exact) mass is 422 g/mol. The molecular weight excluding hydrogens is 412 g/mol. The molecule has 0 radical (unpaired) electrons. The molecule has 4 aromatic rings. The van der Waals surface area contributed by atoms with Crippen LogP contribution in [-0.2, 0) is 4.79 Å². The summed E-state index contributed by atoms with van der Waals surface area (Å²) in [6.07, 6.45) is 1.92. The van der Waals surface area contributed by atoms with Crippen molar-refractivity contribution in [3.63, 3.8) is 0 Å². The number of carbonyl (C=O) groups is 2. The van der Waals surface area contributed by atoms with E-state index in [9.17, 15) is 9.59 Å². The number of carbonyl (C=O) groups excluding carboxylic acids is 2. The van der Waals surface area contributed by atoms with Crippen LogP contribution < -0.4 is 10.9 Å². The molecule has 6 nitrogen and oxygen atoms in total. The molecule has 0 aliphatic carbocycles. The van der Waals surface area contributed by atoms with Gasteiger partial charge in [0.2, 0.25) is 5.91 Å². The Morgan fingerprint density at radius 2 is 2.04 bits per heavy atom. The molecule has 0 atom stereocenters. The van der Waals surface area contributed by atoms with E-state index in [-0.39, 0.29) is 17.6 Å². The lowest BCUT2D eigenvalue weighted by Gasteiger charge is -2.06. The molecule has 2 amide bonds. The molecule has 0 aliphatic rings. The van der Waals surface area contributed by atoms with Gasteiger partial charge in [0.25, 0.3) is 5.91 Å². The largest absolute Gasteiger partial charge is 0.289 e. The zero-order valence-electron chi connectivity index (χ0n) is 13.1. The molecule has 0 unspecified atom stereocenters. The number of aromatic nitrogens is 2. The molecule has 0 fully saturated rings. The fourth-order valence-electron chi connectivity index (χ4n) is 2.26. The number of hydrazine groups is 1. The summed E-state index contributed by atoms with van der Waals surface area (Å²) in [6, 6.07) is 8.98. The van der Waals surface area contributed by atoms with Crippen molar-refractivity contribution in [3.05, 3.63) is 51.8 Å². The van der Waals surface area contributed by atoms with Crippen LogP contribution in [0.15, 0.2) is 46.8 Å². The van der Waals surface area contributed by atoms with Crippen LogP contribution in [0.4, 0.5) is 0 Å². The van der Waals surface area contributed by atoms with Gasteiger partial charge in [0.05, 0.1) is 16.1 Å². The average molecular weight is 423 g/mol. The Kier molecular flexibility index (Phi) is 4.86. The number of nitrogens with one attached hydrogen (secondary N) is 2. The second-order valence-electron chi connectivity index (χ2n) is 5.21. The number of thiazole rings is 1. The van der Waals surface area contributed by atoms with E-state index in [0.717, 1.165) is 20.2 Å². The van der Waals surface area contributed by atoms with Crippen LogP contribution in [0, 0.1) is 0 Å². The topological polar surface area (TPSA) is 75.5 Å². The van der Waals surface area contributed by atoms with Crippen molar-refractivity contribution in [3.8, 4) is 0 Å². The lowest BCUT2D eigenvalue weighted by molar-refractivity contribution is -0.119. The second kappa shape index (κ2) is 7.28. The van der Waals surface area contributed by atoms with Crippen LogP contribution in [0.25, 0.3) is 15.3 Å². The molecule has 4 rings (SSSR count). The molecule has 0 saturated carbocycles. The number of thiophene rings is 1. The lowest BCUT2D eigenvalue weighted by atomic mass is 10.4. The Hall–Kier alpha value is -2.07. The first-order chi connectivity index (χ1) is 12.6. The molecule has 0 saturated heterocycles. The maximum absolute atomic E-state index is 12.2. The van der Waals surface area contributed by atoms with Gasteiger partial charge in [0.1, 0.15) is 4.83 Å². The number of benzene rings is 1. The molecule has 1 aromatic carbocycles. The fourth-order valence-corrected chi connectivity index (χ4v) is 4.78. The molecule has 0 aliphatic heterocycles. The zero-order valence-corrected chi connectivity index (χ0v) is 16.3.